The second-order valence-corrected chi connectivity index (χ2v) is 6.58. The van der Waals surface area contributed by atoms with Gasteiger partial charge in [0.05, 0.1) is 0 Å². The Bertz CT molecular complexity index is 290. The fourth-order valence-electron chi connectivity index (χ4n) is 3.10. The van der Waals surface area contributed by atoms with Crippen LogP contribution < -0.4 is 5.32 Å². The van der Waals surface area contributed by atoms with Gasteiger partial charge in [0.15, 0.2) is 0 Å². The number of carboxylic acids is 1. The molecular weight excluding hydrogens is 252 g/mol. The van der Waals surface area contributed by atoms with Gasteiger partial charge in [-0.2, -0.15) is 0 Å². The number of carbonyl (C=O) groups is 1. The molecule has 0 bridgehead atoms. The van der Waals surface area contributed by atoms with Gasteiger partial charge in [0.2, 0.25) is 0 Å². The zero-order valence-corrected chi connectivity index (χ0v) is 13.5. The topological polar surface area (TPSA) is 52.6 Å². The Balaban J connectivity index is 2.26. The summed E-state index contributed by atoms with van der Waals surface area (Å²) >= 11 is 0. The maximum atomic E-state index is 11.4. The molecule has 0 spiro atoms. The van der Waals surface area contributed by atoms with Crippen molar-refractivity contribution in [1.82, 2.24) is 10.2 Å². The summed E-state index contributed by atoms with van der Waals surface area (Å²) in [4.78, 5) is 13.8. The van der Waals surface area contributed by atoms with Crippen molar-refractivity contribution in [3.63, 3.8) is 0 Å². The van der Waals surface area contributed by atoms with Crippen molar-refractivity contribution in [2.75, 3.05) is 26.7 Å². The van der Waals surface area contributed by atoms with Crippen molar-refractivity contribution in [3.8, 4) is 0 Å². The highest BCUT2D eigenvalue weighted by Crippen LogP contribution is 2.25. The van der Waals surface area contributed by atoms with Crippen LogP contribution in [-0.4, -0.2) is 48.2 Å². The highest BCUT2D eigenvalue weighted by Gasteiger charge is 2.31. The number of rotatable bonds is 10. The van der Waals surface area contributed by atoms with E-state index in [0.717, 1.165) is 31.8 Å². The van der Waals surface area contributed by atoms with Crippen LogP contribution in [0.5, 0.6) is 0 Å². The molecule has 1 aliphatic rings. The first kappa shape index (κ1) is 17.4. The lowest BCUT2D eigenvalue weighted by Gasteiger charge is -2.28. The highest BCUT2D eigenvalue weighted by molar-refractivity contribution is 5.78. The van der Waals surface area contributed by atoms with Crippen molar-refractivity contribution >= 4 is 5.97 Å². The van der Waals surface area contributed by atoms with Crippen molar-refractivity contribution in [2.45, 2.75) is 64.3 Å². The van der Waals surface area contributed by atoms with Crippen molar-refractivity contribution in [3.05, 3.63) is 0 Å². The molecule has 1 aliphatic carbocycles. The van der Waals surface area contributed by atoms with Gasteiger partial charge >= 0.3 is 5.97 Å². The van der Waals surface area contributed by atoms with E-state index in [4.69, 9.17) is 0 Å². The van der Waals surface area contributed by atoms with E-state index in [2.05, 4.69) is 24.2 Å². The molecule has 0 aromatic carbocycles. The van der Waals surface area contributed by atoms with Crippen LogP contribution in [-0.2, 0) is 4.79 Å². The Hall–Kier alpha value is -0.610. The standard InChI is InChI=1S/C16H32N2O2/c1-4-11-17-16(2,15(19)20)10-7-12-18(3)13-14-8-5-6-9-14/h14,17H,4-13H2,1-3H3,(H,19,20). The molecule has 118 valence electrons. The van der Waals surface area contributed by atoms with E-state index in [1.54, 1.807) is 0 Å². The molecule has 1 unspecified atom stereocenters. The molecule has 4 heteroatoms. The molecule has 2 N–H and O–H groups in total. The maximum Gasteiger partial charge on any atom is 0.323 e. The predicted octanol–water partition coefficient (Wildman–Crippen LogP) is 2.73. The molecule has 1 saturated carbocycles. The molecule has 0 aromatic heterocycles. The minimum Gasteiger partial charge on any atom is -0.480 e. The largest absolute Gasteiger partial charge is 0.480 e. The Kier molecular flexibility index (Phi) is 7.52. The Morgan fingerprint density at radius 2 is 2.05 bits per heavy atom. The summed E-state index contributed by atoms with van der Waals surface area (Å²) in [6, 6.07) is 0. The van der Waals surface area contributed by atoms with Gasteiger partial charge in [-0.3, -0.25) is 4.79 Å². The third kappa shape index (κ3) is 5.80. The minimum atomic E-state index is -0.774. The van der Waals surface area contributed by atoms with Gasteiger partial charge in [0, 0.05) is 6.54 Å². The highest BCUT2D eigenvalue weighted by atomic mass is 16.4. The number of carboxylic acid groups (broad SMARTS) is 1. The van der Waals surface area contributed by atoms with Crippen LogP contribution in [0.15, 0.2) is 0 Å². The third-order valence-electron chi connectivity index (χ3n) is 4.50. The third-order valence-corrected chi connectivity index (χ3v) is 4.50. The van der Waals surface area contributed by atoms with Crippen molar-refractivity contribution < 1.29 is 9.90 Å². The van der Waals surface area contributed by atoms with Crippen LogP contribution in [0.4, 0.5) is 0 Å². The molecule has 20 heavy (non-hydrogen) atoms. The first-order valence-corrected chi connectivity index (χ1v) is 8.15. The van der Waals surface area contributed by atoms with Crippen molar-refractivity contribution in [1.29, 1.82) is 0 Å². The second-order valence-electron chi connectivity index (χ2n) is 6.58. The van der Waals surface area contributed by atoms with Crippen LogP contribution in [0.2, 0.25) is 0 Å². The first-order valence-electron chi connectivity index (χ1n) is 8.15. The van der Waals surface area contributed by atoms with Gasteiger partial charge in [0.1, 0.15) is 5.54 Å². The molecule has 0 radical (unpaired) electrons. The lowest BCUT2D eigenvalue weighted by molar-refractivity contribution is -0.144. The fourth-order valence-corrected chi connectivity index (χ4v) is 3.10. The number of aliphatic carboxylic acids is 1. The Labute approximate surface area is 123 Å². The smallest absolute Gasteiger partial charge is 0.323 e. The summed E-state index contributed by atoms with van der Waals surface area (Å²) < 4.78 is 0. The lowest BCUT2D eigenvalue weighted by atomic mass is 9.95. The lowest BCUT2D eigenvalue weighted by Crippen LogP contribution is -2.50. The van der Waals surface area contributed by atoms with E-state index < -0.39 is 11.5 Å². The van der Waals surface area contributed by atoms with Gasteiger partial charge in [-0.05, 0) is 65.1 Å². The van der Waals surface area contributed by atoms with Gasteiger partial charge < -0.3 is 15.3 Å². The van der Waals surface area contributed by atoms with E-state index in [-0.39, 0.29) is 0 Å². The van der Waals surface area contributed by atoms with E-state index in [1.807, 2.05) is 6.92 Å². The van der Waals surface area contributed by atoms with E-state index in [1.165, 1.54) is 32.2 Å². The molecular formula is C16H32N2O2. The average Bonchev–Trinajstić information content (AvgIpc) is 2.89. The van der Waals surface area contributed by atoms with Crippen LogP contribution in [0.25, 0.3) is 0 Å². The molecule has 1 fully saturated rings. The Morgan fingerprint density at radius 1 is 1.40 bits per heavy atom. The maximum absolute atomic E-state index is 11.4. The van der Waals surface area contributed by atoms with Crippen LogP contribution >= 0.6 is 0 Å². The van der Waals surface area contributed by atoms with Crippen LogP contribution in [0, 0.1) is 5.92 Å². The molecule has 4 nitrogen and oxygen atoms in total. The molecule has 0 aromatic rings. The zero-order valence-electron chi connectivity index (χ0n) is 13.5. The summed E-state index contributed by atoms with van der Waals surface area (Å²) in [6.45, 7) is 6.80. The number of nitrogens with one attached hydrogen (secondary N) is 1. The predicted molar refractivity (Wildman–Crippen MR) is 83.0 cm³/mol. The van der Waals surface area contributed by atoms with E-state index in [9.17, 15) is 9.90 Å². The summed E-state index contributed by atoms with van der Waals surface area (Å²) in [6.07, 6.45) is 8.10. The average molecular weight is 284 g/mol. The quantitative estimate of drug-likeness (QED) is 0.647. The molecule has 0 heterocycles. The molecule has 0 amide bonds. The molecule has 0 saturated heterocycles. The summed E-state index contributed by atoms with van der Waals surface area (Å²) in [5.41, 5.74) is -0.774. The second kappa shape index (κ2) is 8.63. The van der Waals surface area contributed by atoms with Gasteiger partial charge in [-0.15, -0.1) is 0 Å². The molecule has 0 aliphatic heterocycles. The monoisotopic (exact) mass is 284 g/mol. The number of hydrogen-bond acceptors (Lipinski definition) is 3. The van der Waals surface area contributed by atoms with Crippen LogP contribution in [0.3, 0.4) is 0 Å². The fraction of sp³-hybridized carbons (Fsp3) is 0.938. The van der Waals surface area contributed by atoms with Crippen molar-refractivity contribution in [2.24, 2.45) is 5.92 Å². The van der Waals surface area contributed by atoms with Gasteiger partial charge in [-0.25, -0.2) is 0 Å². The normalized spacial score (nSPS) is 19.4. The molecule has 1 rings (SSSR count). The van der Waals surface area contributed by atoms with Gasteiger partial charge in [-0.1, -0.05) is 19.8 Å². The zero-order chi connectivity index (χ0) is 15.0. The number of nitrogens with zero attached hydrogens (tertiary/aromatic N) is 1. The molecule has 1 atom stereocenters. The summed E-state index contributed by atoms with van der Waals surface area (Å²) in [5.74, 6) is 0.133. The Morgan fingerprint density at radius 3 is 2.60 bits per heavy atom. The summed E-state index contributed by atoms with van der Waals surface area (Å²) in [7, 11) is 2.16. The van der Waals surface area contributed by atoms with E-state index >= 15 is 0 Å². The van der Waals surface area contributed by atoms with Gasteiger partial charge in [0.25, 0.3) is 0 Å². The van der Waals surface area contributed by atoms with Crippen LogP contribution in [0.1, 0.15) is 58.8 Å². The number of hydrogen-bond donors (Lipinski definition) is 2. The SMILES string of the molecule is CCCNC(C)(CCCN(C)CC1CCCC1)C(=O)O. The summed E-state index contributed by atoms with van der Waals surface area (Å²) in [5, 5.41) is 12.6. The minimum absolute atomic E-state index is 0.692. The first-order chi connectivity index (χ1) is 9.48. The van der Waals surface area contributed by atoms with E-state index in [0.29, 0.717) is 6.42 Å².